The second-order valence-corrected chi connectivity index (χ2v) is 6.85. The van der Waals surface area contributed by atoms with Gasteiger partial charge in [-0.1, -0.05) is 23.9 Å². The van der Waals surface area contributed by atoms with Gasteiger partial charge in [-0.3, -0.25) is 0 Å². The lowest BCUT2D eigenvalue weighted by atomic mass is 10.1. The lowest BCUT2D eigenvalue weighted by Crippen LogP contribution is -1.81. The van der Waals surface area contributed by atoms with Crippen LogP contribution in [0.2, 0.25) is 0 Å². The maximum absolute atomic E-state index is 12.9. The Morgan fingerprint density at radius 2 is 1.88 bits per heavy atom. The van der Waals surface area contributed by atoms with E-state index in [1.54, 1.807) is 12.1 Å². The van der Waals surface area contributed by atoms with Gasteiger partial charge in [0, 0.05) is 27.9 Å². The minimum absolute atomic E-state index is 0.237. The highest BCUT2D eigenvalue weighted by atomic mass is 32.2. The molecule has 25 heavy (non-hydrogen) atoms. The molecule has 1 N–H and O–H groups in total. The van der Waals surface area contributed by atoms with Crippen LogP contribution in [0.1, 0.15) is 16.8 Å². The van der Waals surface area contributed by atoms with E-state index in [9.17, 15) is 4.39 Å². The molecule has 0 aliphatic rings. The van der Waals surface area contributed by atoms with E-state index in [-0.39, 0.29) is 5.82 Å². The number of hydrogen-bond donors (Lipinski definition) is 1. The summed E-state index contributed by atoms with van der Waals surface area (Å²) < 4.78 is 18.7. The van der Waals surface area contributed by atoms with Crippen LogP contribution in [0.15, 0.2) is 52.1 Å². The average Bonchev–Trinajstić information content (AvgIpc) is 3.20. The van der Waals surface area contributed by atoms with E-state index in [0.717, 1.165) is 27.7 Å². The maximum atomic E-state index is 12.9. The topological polar surface area (TPSA) is 54.7 Å². The molecule has 0 saturated carbocycles. The van der Waals surface area contributed by atoms with Crippen LogP contribution in [0.25, 0.3) is 22.4 Å². The van der Waals surface area contributed by atoms with Crippen molar-refractivity contribution in [1.82, 2.24) is 15.2 Å². The molecule has 0 saturated heterocycles. The summed E-state index contributed by atoms with van der Waals surface area (Å²) in [5.74, 6) is 0.915. The van der Waals surface area contributed by atoms with Gasteiger partial charge in [-0.05, 0) is 55.3 Å². The van der Waals surface area contributed by atoms with Gasteiger partial charge in [-0.25, -0.2) is 4.39 Å². The summed E-state index contributed by atoms with van der Waals surface area (Å²) in [6.45, 7) is 4.15. The fraction of sp³-hybridized carbons (Fsp3) is 0.158. The molecule has 0 fully saturated rings. The molecule has 0 amide bonds. The highest BCUT2D eigenvalue weighted by molar-refractivity contribution is 7.98. The first-order valence-electron chi connectivity index (χ1n) is 7.90. The summed E-state index contributed by atoms with van der Waals surface area (Å²) in [5.41, 5.74) is 5.39. The molecule has 6 heteroatoms. The Hall–Kier alpha value is -2.60. The highest BCUT2D eigenvalue weighted by Gasteiger charge is 2.12. The zero-order chi connectivity index (χ0) is 17.4. The van der Waals surface area contributed by atoms with Gasteiger partial charge in [0.2, 0.25) is 5.89 Å². The molecule has 0 radical (unpaired) electrons. The van der Waals surface area contributed by atoms with Crippen molar-refractivity contribution in [3.8, 4) is 11.5 Å². The second kappa shape index (κ2) is 6.37. The van der Waals surface area contributed by atoms with Gasteiger partial charge in [0.25, 0.3) is 5.22 Å². The van der Waals surface area contributed by atoms with Gasteiger partial charge in [-0.15, -0.1) is 10.2 Å². The fourth-order valence-corrected chi connectivity index (χ4v) is 3.42. The monoisotopic (exact) mass is 353 g/mol. The minimum atomic E-state index is -0.237. The lowest BCUT2D eigenvalue weighted by molar-refractivity contribution is 0.466. The van der Waals surface area contributed by atoms with E-state index in [0.29, 0.717) is 16.9 Å². The molecule has 126 valence electrons. The Morgan fingerprint density at radius 3 is 2.68 bits per heavy atom. The largest absolute Gasteiger partial charge is 0.411 e. The molecule has 4 aromatic rings. The first-order valence-corrected chi connectivity index (χ1v) is 8.89. The Bertz CT molecular complexity index is 1040. The summed E-state index contributed by atoms with van der Waals surface area (Å²) in [7, 11) is 0. The van der Waals surface area contributed by atoms with Gasteiger partial charge in [0.15, 0.2) is 0 Å². The quantitative estimate of drug-likeness (QED) is 0.508. The zero-order valence-electron chi connectivity index (χ0n) is 13.8. The minimum Gasteiger partial charge on any atom is -0.411 e. The van der Waals surface area contributed by atoms with Crippen molar-refractivity contribution in [3.63, 3.8) is 0 Å². The van der Waals surface area contributed by atoms with E-state index < -0.39 is 0 Å². The van der Waals surface area contributed by atoms with Crippen molar-refractivity contribution < 1.29 is 8.81 Å². The van der Waals surface area contributed by atoms with Gasteiger partial charge >= 0.3 is 0 Å². The van der Waals surface area contributed by atoms with Crippen molar-refractivity contribution in [3.05, 3.63) is 65.1 Å². The molecule has 2 aromatic heterocycles. The van der Waals surface area contributed by atoms with Crippen LogP contribution >= 0.6 is 11.8 Å². The van der Waals surface area contributed by atoms with Crippen LogP contribution in [-0.4, -0.2) is 15.2 Å². The smallest absolute Gasteiger partial charge is 0.277 e. The molecule has 0 bridgehead atoms. The summed E-state index contributed by atoms with van der Waals surface area (Å²) in [6.07, 6.45) is 0. The van der Waals surface area contributed by atoms with Crippen molar-refractivity contribution in [2.45, 2.75) is 24.8 Å². The number of aromatic amines is 1. The summed E-state index contributed by atoms with van der Waals surface area (Å²) in [4.78, 5) is 3.36. The lowest BCUT2D eigenvalue weighted by Gasteiger charge is -1.98. The average molecular weight is 353 g/mol. The van der Waals surface area contributed by atoms with Crippen LogP contribution in [-0.2, 0) is 5.75 Å². The predicted octanol–water partition coefficient (Wildman–Crippen LogP) is 5.27. The van der Waals surface area contributed by atoms with Gasteiger partial charge in [-0.2, -0.15) is 0 Å². The third-order valence-corrected chi connectivity index (χ3v) is 5.13. The van der Waals surface area contributed by atoms with E-state index in [2.05, 4.69) is 35.1 Å². The molecule has 0 unspecified atom stereocenters. The summed E-state index contributed by atoms with van der Waals surface area (Å²) >= 11 is 1.44. The van der Waals surface area contributed by atoms with Crippen LogP contribution in [0, 0.1) is 19.7 Å². The Morgan fingerprint density at radius 1 is 1.08 bits per heavy atom. The van der Waals surface area contributed by atoms with Crippen LogP contribution in [0.4, 0.5) is 4.39 Å². The Labute approximate surface area is 148 Å². The van der Waals surface area contributed by atoms with Crippen LogP contribution in [0.3, 0.4) is 0 Å². The molecule has 0 aliphatic heterocycles. The number of H-pyrrole nitrogens is 1. The molecular formula is C19H16FN3OS. The second-order valence-electron chi connectivity index (χ2n) is 5.92. The number of nitrogens with zero attached hydrogens (tertiary/aromatic N) is 2. The molecule has 4 rings (SSSR count). The van der Waals surface area contributed by atoms with E-state index >= 15 is 0 Å². The number of thioether (sulfide) groups is 1. The molecule has 0 aliphatic carbocycles. The van der Waals surface area contributed by atoms with Crippen molar-refractivity contribution in [1.29, 1.82) is 0 Å². The number of fused-ring (bicyclic) bond motifs is 1. The van der Waals surface area contributed by atoms with E-state index in [4.69, 9.17) is 4.42 Å². The number of aryl methyl sites for hydroxylation is 2. The molecule has 0 spiro atoms. The number of halogens is 1. The number of aromatic nitrogens is 3. The van der Waals surface area contributed by atoms with Crippen molar-refractivity contribution in [2.75, 3.05) is 0 Å². The standard InChI is InChI=1S/C19H16FN3OS/c1-11-12(2)21-17-8-5-14(9-16(11)17)18-22-23-19(24-18)25-10-13-3-6-15(20)7-4-13/h3-9,21H,10H2,1-2H3. The predicted molar refractivity (Wildman–Crippen MR) is 97.0 cm³/mol. The third kappa shape index (κ3) is 3.17. The number of benzene rings is 2. The maximum Gasteiger partial charge on any atom is 0.277 e. The fourth-order valence-electron chi connectivity index (χ4n) is 2.70. The van der Waals surface area contributed by atoms with Crippen molar-refractivity contribution in [2.24, 2.45) is 0 Å². The van der Waals surface area contributed by atoms with Gasteiger partial charge < -0.3 is 9.40 Å². The Kier molecular flexibility index (Phi) is 4.05. The first kappa shape index (κ1) is 15.9. The third-order valence-electron chi connectivity index (χ3n) is 4.24. The van der Waals surface area contributed by atoms with E-state index in [1.165, 1.54) is 29.5 Å². The normalized spacial score (nSPS) is 11.3. The zero-order valence-corrected chi connectivity index (χ0v) is 14.7. The Balaban J connectivity index is 1.54. The van der Waals surface area contributed by atoms with Crippen molar-refractivity contribution >= 4 is 22.7 Å². The van der Waals surface area contributed by atoms with Crippen LogP contribution < -0.4 is 0 Å². The number of rotatable bonds is 4. The molecule has 4 nitrogen and oxygen atoms in total. The van der Waals surface area contributed by atoms with Crippen LogP contribution in [0.5, 0.6) is 0 Å². The molecular weight excluding hydrogens is 337 g/mol. The van der Waals surface area contributed by atoms with E-state index in [1.807, 2.05) is 12.1 Å². The molecule has 0 atom stereocenters. The molecule has 2 aromatic carbocycles. The van der Waals surface area contributed by atoms with Gasteiger partial charge in [0.05, 0.1) is 0 Å². The number of nitrogens with one attached hydrogen (secondary N) is 1. The SMILES string of the molecule is Cc1[nH]c2ccc(-c3nnc(SCc4ccc(F)cc4)o3)cc2c1C. The highest BCUT2D eigenvalue weighted by Crippen LogP contribution is 2.29. The summed E-state index contributed by atoms with van der Waals surface area (Å²) in [5, 5.41) is 9.91. The first-order chi connectivity index (χ1) is 12.1. The summed E-state index contributed by atoms with van der Waals surface area (Å²) in [6, 6.07) is 12.5. The molecule has 2 heterocycles. The number of hydrogen-bond acceptors (Lipinski definition) is 4. The van der Waals surface area contributed by atoms with Gasteiger partial charge in [0.1, 0.15) is 5.82 Å².